The van der Waals surface area contributed by atoms with Crippen LogP contribution in [0.5, 0.6) is 0 Å². The summed E-state index contributed by atoms with van der Waals surface area (Å²) in [4.78, 5) is 7.19. The van der Waals surface area contributed by atoms with Crippen molar-refractivity contribution in [3.63, 3.8) is 0 Å². The number of benzene rings is 1. The molecule has 0 unspecified atom stereocenters. The van der Waals surface area contributed by atoms with Crippen molar-refractivity contribution in [1.29, 1.82) is 0 Å². The van der Waals surface area contributed by atoms with E-state index in [1.54, 1.807) is 11.3 Å². The molecule has 6 rings (SSSR count). The molecule has 5 heteroatoms. The first-order valence-electron chi connectivity index (χ1n) is 8.40. The highest BCUT2D eigenvalue weighted by Crippen LogP contribution is 2.37. The van der Waals surface area contributed by atoms with Crippen LogP contribution in [0.2, 0.25) is 0 Å². The Morgan fingerprint density at radius 3 is 2.78 bits per heavy atom. The molecule has 23 heavy (non-hydrogen) atoms. The molecule has 3 saturated heterocycles. The molecule has 2 bridgehead atoms. The van der Waals surface area contributed by atoms with Crippen LogP contribution in [0, 0.1) is 12.8 Å². The van der Waals surface area contributed by atoms with Gasteiger partial charge in [-0.2, -0.15) is 5.10 Å². The molecule has 0 N–H and O–H groups in total. The fraction of sp³-hybridized carbons (Fsp3) is 0.444. The summed E-state index contributed by atoms with van der Waals surface area (Å²) in [5.41, 5.74) is 3.55. The Labute approximate surface area is 139 Å². The van der Waals surface area contributed by atoms with E-state index in [-0.39, 0.29) is 0 Å². The van der Waals surface area contributed by atoms with Gasteiger partial charge in [-0.15, -0.1) is 11.3 Å². The smallest absolute Gasteiger partial charge is 0.123 e. The minimum Gasteiger partial charge on any atom is -0.301 e. The predicted molar refractivity (Wildman–Crippen MR) is 93.8 cm³/mol. The molecule has 0 radical (unpaired) electrons. The van der Waals surface area contributed by atoms with Gasteiger partial charge in [0.2, 0.25) is 0 Å². The van der Waals surface area contributed by atoms with Crippen LogP contribution in [-0.4, -0.2) is 39.3 Å². The Bertz CT molecular complexity index is 857. The van der Waals surface area contributed by atoms with Crippen molar-refractivity contribution >= 4 is 22.2 Å². The summed E-state index contributed by atoms with van der Waals surface area (Å²) < 4.78 is 2.28. The van der Waals surface area contributed by atoms with Crippen molar-refractivity contribution in [2.45, 2.75) is 25.8 Å². The van der Waals surface area contributed by atoms with E-state index >= 15 is 0 Å². The number of hydrogen-bond donors (Lipinski definition) is 0. The minimum absolute atomic E-state index is 0.544. The summed E-state index contributed by atoms with van der Waals surface area (Å²) in [5, 5.41) is 9.18. The van der Waals surface area contributed by atoms with E-state index in [0.29, 0.717) is 6.04 Å². The molecule has 1 aromatic carbocycles. The Morgan fingerprint density at radius 2 is 2.09 bits per heavy atom. The van der Waals surface area contributed by atoms with Crippen LogP contribution in [-0.2, 0) is 0 Å². The van der Waals surface area contributed by atoms with Gasteiger partial charge in [-0.1, -0.05) is 0 Å². The van der Waals surface area contributed by atoms with Crippen molar-refractivity contribution in [2.75, 3.05) is 19.6 Å². The summed E-state index contributed by atoms with van der Waals surface area (Å²) in [6, 6.07) is 7.20. The molecular weight excluding hydrogens is 304 g/mol. The lowest BCUT2D eigenvalue weighted by molar-refractivity contribution is 0.0534. The Balaban J connectivity index is 1.54. The van der Waals surface area contributed by atoms with E-state index in [2.05, 4.69) is 38.1 Å². The average molecular weight is 324 g/mol. The third kappa shape index (κ3) is 2.22. The van der Waals surface area contributed by atoms with Crippen LogP contribution in [0.1, 0.15) is 24.6 Å². The molecule has 4 nitrogen and oxygen atoms in total. The van der Waals surface area contributed by atoms with E-state index in [1.807, 2.05) is 13.1 Å². The molecule has 3 aliphatic rings. The van der Waals surface area contributed by atoms with E-state index in [1.165, 1.54) is 42.4 Å². The molecule has 3 aliphatic heterocycles. The topological polar surface area (TPSA) is 34.0 Å². The summed E-state index contributed by atoms with van der Waals surface area (Å²) in [6.07, 6.45) is 4.67. The first-order valence-corrected chi connectivity index (χ1v) is 9.28. The molecule has 0 amide bonds. The zero-order chi connectivity index (χ0) is 15.4. The summed E-state index contributed by atoms with van der Waals surface area (Å²) in [6.45, 7) is 5.75. The second kappa shape index (κ2) is 5.14. The largest absolute Gasteiger partial charge is 0.301 e. The third-order valence-electron chi connectivity index (χ3n) is 5.40. The van der Waals surface area contributed by atoms with Gasteiger partial charge in [-0.25, -0.2) is 4.98 Å². The Kier molecular flexibility index (Phi) is 3.06. The zero-order valence-corrected chi connectivity index (χ0v) is 14.1. The quantitative estimate of drug-likeness (QED) is 0.720. The fourth-order valence-electron chi connectivity index (χ4n) is 4.15. The van der Waals surface area contributed by atoms with Gasteiger partial charge in [0.15, 0.2) is 0 Å². The maximum atomic E-state index is 4.75. The highest BCUT2D eigenvalue weighted by Gasteiger charge is 2.36. The van der Waals surface area contributed by atoms with Crippen molar-refractivity contribution in [2.24, 2.45) is 5.92 Å². The number of rotatable bonds is 2. The van der Waals surface area contributed by atoms with Crippen molar-refractivity contribution < 1.29 is 0 Å². The standard InChI is InChI=1S/C18H20N4S/c1-12-11-23-18(20-12)14-2-3-16-15(8-14)9-19-22(16)17-10-21-6-4-13(17)5-7-21/h2-3,8-9,11,13,17H,4-7,10H2,1H3/t17-/m1/s1. The molecule has 5 heterocycles. The number of aromatic nitrogens is 3. The predicted octanol–water partition coefficient (Wildman–Crippen LogP) is 3.73. The van der Waals surface area contributed by atoms with E-state index < -0.39 is 0 Å². The lowest BCUT2D eigenvalue weighted by Crippen LogP contribution is -2.48. The molecule has 0 aliphatic carbocycles. The zero-order valence-electron chi connectivity index (χ0n) is 13.3. The van der Waals surface area contributed by atoms with Gasteiger partial charge < -0.3 is 4.90 Å². The second-order valence-corrected chi connectivity index (χ2v) is 7.72. The van der Waals surface area contributed by atoms with Crippen molar-refractivity contribution in [3.05, 3.63) is 35.5 Å². The lowest BCUT2D eigenvalue weighted by atomic mass is 9.84. The number of nitrogens with zero attached hydrogens (tertiary/aromatic N) is 4. The summed E-state index contributed by atoms with van der Waals surface area (Å²) >= 11 is 1.71. The number of piperidine rings is 3. The van der Waals surface area contributed by atoms with Gasteiger partial charge in [0.05, 0.1) is 17.8 Å². The molecular formula is C18H20N4S. The fourth-order valence-corrected chi connectivity index (χ4v) is 4.94. The van der Waals surface area contributed by atoms with Crippen LogP contribution in [0.3, 0.4) is 0 Å². The first kappa shape index (κ1) is 13.7. The van der Waals surface area contributed by atoms with Crippen LogP contribution in [0.4, 0.5) is 0 Å². The maximum Gasteiger partial charge on any atom is 0.123 e. The van der Waals surface area contributed by atoms with Gasteiger partial charge in [0.1, 0.15) is 5.01 Å². The molecule has 3 aromatic rings. The monoisotopic (exact) mass is 324 g/mol. The summed E-state index contributed by atoms with van der Waals surface area (Å²) in [5.74, 6) is 0.796. The van der Waals surface area contributed by atoms with Crippen molar-refractivity contribution in [1.82, 2.24) is 19.7 Å². The summed E-state index contributed by atoms with van der Waals surface area (Å²) in [7, 11) is 0. The van der Waals surface area contributed by atoms with Gasteiger partial charge >= 0.3 is 0 Å². The Hall–Kier alpha value is -1.72. The highest BCUT2D eigenvalue weighted by atomic mass is 32.1. The molecule has 2 aromatic heterocycles. The van der Waals surface area contributed by atoms with Gasteiger partial charge in [0, 0.05) is 28.6 Å². The SMILES string of the molecule is Cc1csc(-c2ccc3c(cnn3[C@@H]3CN4CCC3CC4)c2)n1. The van der Waals surface area contributed by atoms with Crippen LogP contribution in [0.25, 0.3) is 21.5 Å². The second-order valence-electron chi connectivity index (χ2n) is 6.86. The van der Waals surface area contributed by atoms with Crippen LogP contribution < -0.4 is 0 Å². The lowest BCUT2D eigenvalue weighted by Gasteiger charge is -2.44. The maximum absolute atomic E-state index is 4.75. The normalized spacial score (nSPS) is 26.9. The van der Waals surface area contributed by atoms with E-state index in [4.69, 9.17) is 5.10 Å². The van der Waals surface area contributed by atoms with Gasteiger partial charge in [-0.05, 0) is 57.0 Å². The third-order valence-corrected chi connectivity index (χ3v) is 6.41. The van der Waals surface area contributed by atoms with Crippen molar-refractivity contribution in [3.8, 4) is 10.6 Å². The number of thiazole rings is 1. The van der Waals surface area contributed by atoms with Gasteiger partial charge in [0.25, 0.3) is 0 Å². The molecule has 118 valence electrons. The Morgan fingerprint density at radius 1 is 1.22 bits per heavy atom. The average Bonchev–Trinajstić information content (AvgIpc) is 3.21. The van der Waals surface area contributed by atoms with Crippen LogP contribution in [0.15, 0.2) is 29.8 Å². The molecule has 0 spiro atoms. The number of aryl methyl sites for hydroxylation is 1. The van der Waals surface area contributed by atoms with Crippen LogP contribution >= 0.6 is 11.3 Å². The van der Waals surface area contributed by atoms with Gasteiger partial charge in [-0.3, -0.25) is 4.68 Å². The number of fused-ring (bicyclic) bond motifs is 4. The van der Waals surface area contributed by atoms with E-state index in [0.717, 1.165) is 23.2 Å². The number of hydrogen-bond acceptors (Lipinski definition) is 4. The first-order chi connectivity index (χ1) is 11.3. The minimum atomic E-state index is 0.544. The molecule has 3 fully saturated rings. The molecule has 0 saturated carbocycles. The highest BCUT2D eigenvalue weighted by molar-refractivity contribution is 7.13. The van der Waals surface area contributed by atoms with E-state index in [9.17, 15) is 0 Å². The molecule has 1 atom stereocenters.